The van der Waals surface area contributed by atoms with Crippen molar-refractivity contribution in [2.45, 2.75) is 0 Å². The van der Waals surface area contributed by atoms with Gasteiger partial charge in [-0.3, -0.25) is 0 Å². The van der Waals surface area contributed by atoms with E-state index < -0.39 is 42.3 Å². The Balaban J connectivity index is 1.23. The fourth-order valence-corrected chi connectivity index (χ4v) is 7.13. The van der Waals surface area contributed by atoms with Crippen LogP contribution in [0.5, 0.6) is 0 Å². The number of hydrogen-bond acceptors (Lipinski definition) is 2. The van der Waals surface area contributed by atoms with Crippen LogP contribution in [-0.4, -0.2) is 0 Å². The van der Waals surface area contributed by atoms with Crippen LogP contribution in [0.2, 0.25) is 0 Å². The van der Waals surface area contributed by atoms with Gasteiger partial charge in [-0.05, 0) is 74.8 Å². The van der Waals surface area contributed by atoms with Crippen LogP contribution in [0.4, 0.5) is 17.1 Å². The molecule has 0 bridgehead atoms. The summed E-state index contributed by atoms with van der Waals surface area (Å²) in [6, 6.07) is 44.5. The fraction of sp³-hybridized carbons (Fsp3) is 0. The highest BCUT2D eigenvalue weighted by Gasteiger charge is 2.21. The first-order valence-corrected chi connectivity index (χ1v) is 17.0. The molecule has 0 aliphatic heterocycles. The van der Waals surface area contributed by atoms with Gasteiger partial charge in [-0.1, -0.05) is 164 Å². The van der Waals surface area contributed by atoms with Gasteiger partial charge in [0, 0.05) is 38.7 Å². The van der Waals surface area contributed by atoms with E-state index in [1.165, 1.54) is 0 Å². The van der Waals surface area contributed by atoms with Crippen molar-refractivity contribution >= 4 is 60.5 Å². The molecular formula is C50H33NO. The number of anilines is 3. The van der Waals surface area contributed by atoms with Gasteiger partial charge in [0.2, 0.25) is 0 Å². The molecule has 1 heterocycles. The van der Waals surface area contributed by atoms with Crippen LogP contribution in [0.1, 0.15) is 12.3 Å². The molecule has 10 aromatic rings. The lowest BCUT2D eigenvalue weighted by atomic mass is 9.97. The second-order valence-corrected chi connectivity index (χ2v) is 12.6. The summed E-state index contributed by atoms with van der Waals surface area (Å²) in [5, 5.41) is 2.00. The van der Waals surface area contributed by atoms with E-state index in [1.54, 1.807) is 0 Å². The molecule has 0 atom stereocenters. The molecule has 9 aromatic carbocycles. The molecule has 0 spiro atoms. The Kier molecular flexibility index (Phi) is 5.28. The summed E-state index contributed by atoms with van der Waals surface area (Å²) in [7, 11) is 0. The molecule has 2 heteroatoms. The normalized spacial score (nSPS) is 13.9. The first-order valence-electron chi connectivity index (χ1n) is 21.5. The summed E-state index contributed by atoms with van der Waals surface area (Å²) >= 11 is 0. The van der Waals surface area contributed by atoms with Crippen molar-refractivity contribution in [2.24, 2.45) is 0 Å². The van der Waals surface area contributed by atoms with Gasteiger partial charge < -0.3 is 9.32 Å². The van der Waals surface area contributed by atoms with Gasteiger partial charge in [-0.15, -0.1) is 0 Å². The zero-order chi connectivity index (χ0) is 42.3. The molecular weight excluding hydrogens is 631 g/mol. The third-order valence-electron chi connectivity index (χ3n) is 9.61. The lowest BCUT2D eigenvalue weighted by molar-refractivity contribution is 0.674. The summed E-state index contributed by atoms with van der Waals surface area (Å²) in [5.41, 5.74) is 6.99. The molecule has 0 unspecified atom stereocenters. The molecule has 2 nitrogen and oxygen atoms in total. The maximum absolute atomic E-state index is 9.39. The minimum absolute atomic E-state index is 0.00643. The minimum Gasteiger partial charge on any atom is -0.455 e. The van der Waals surface area contributed by atoms with Gasteiger partial charge in [-0.25, -0.2) is 0 Å². The quantitative estimate of drug-likeness (QED) is 0.175. The van der Waals surface area contributed by atoms with Gasteiger partial charge >= 0.3 is 0 Å². The van der Waals surface area contributed by atoms with Crippen molar-refractivity contribution in [1.82, 2.24) is 0 Å². The summed E-state index contributed by atoms with van der Waals surface area (Å²) < 4.78 is 86.3. The zero-order valence-electron chi connectivity index (χ0n) is 36.7. The Morgan fingerprint density at radius 3 is 1.85 bits per heavy atom. The van der Waals surface area contributed by atoms with Crippen LogP contribution in [0, 0.1) is 0 Å². The van der Waals surface area contributed by atoms with E-state index >= 15 is 0 Å². The van der Waals surface area contributed by atoms with Crippen molar-refractivity contribution in [3.05, 3.63) is 200 Å². The lowest BCUT2D eigenvalue weighted by Gasteiger charge is -2.28. The van der Waals surface area contributed by atoms with Crippen LogP contribution in [0.15, 0.2) is 204 Å². The average molecular weight is 673 g/mol. The Morgan fingerprint density at radius 1 is 0.365 bits per heavy atom. The van der Waals surface area contributed by atoms with E-state index in [-0.39, 0.29) is 50.4 Å². The molecule has 10 rings (SSSR count). The SMILES string of the molecule is [2H]c1c([2H])c([2H])c2c(oc3c4c([2H])c([2H])c([2H])c([2H])c4c([2H])c([2H])c32)c1-c1ccccc1N(c1ccc(-c2ccccc2)cc1)c1ccc(-c2cccc3ccccc23)cc1. The van der Waals surface area contributed by atoms with Gasteiger partial charge in [0.25, 0.3) is 0 Å². The number of benzene rings is 9. The molecule has 244 valence electrons. The van der Waals surface area contributed by atoms with Crippen LogP contribution in [0.25, 0.3) is 76.9 Å². The van der Waals surface area contributed by atoms with Gasteiger partial charge in [0.15, 0.2) is 0 Å². The molecule has 0 amide bonds. The average Bonchev–Trinajstić information content (AvgIpc) is 3.69. The first-order chi connectivity index (χ1) is 29.5. The third-order valence-corrected chi connectivity index (χ3v) is 9.61. The van der Waals surface area contributed by atoms with Crippen LogP contribution in [0.3, 0.4) is 0 Å². The maximum atomic E-state index is 9.39. The number of para-hydroxylation sites is 2. The minimum atomic E-state index is -0.541. The molecule has 0 radical (unpaired) electrons. The smallest absolute Gasteiger partial charge is 0.143 e. The van der Waals surface area contributed by atoms with E-state index in [9.17, 15) is 1.37 Å². The van der Waals surface area contributed by atoms with Gasteiger partial charge in [0.1, 0.15) is 11.2 Å². The van der Waals surface area contributed by atoms with Crippen molar-refractivity contribution in [3.8, 4) is 33.4 Å². The van der Waals surface area contributed by atoms with Gasteiger partial charge in [-0.2, -0.15) is 0 Å². The number of rotatable bonds is 6. The number of nitrogens with zero attached hydrogens (tertiary/aromatic N) is 1. The van der Waals surface area contributed by atoms with Crippen LogP contribution >= 0.6 is 0 Å². The summed E-state index contributed by atoms with van der Waals surface area (Å²) in [6.45, 7) is 0. The van der Waals surface area contributed by atoms with E-state index in [0.29, 0.717) is 11.3 Å². The highest BCUT2D eigenvalue weighted by Crippen LogP contribution is 2.45. The van der Waals surface area contributed by atoms with Crippen molar-refractivity contribution in [1.29, 1.82) is 0 Å². The topological polar surface area (TPSA) is 16.4 Å². The number of hydrogen-bond donors (Lipinski definition) is 0. The second kappa shape index (κ2) is 12.5. The number of fused-ring (bicyclic) bond motifs is 6. The maximum Gasteiger partial charge on any atom is 0.143 e. The molecule has 0 saturated heterocycles. The Labute approximate surface area is 315 Å². The molecule has 52 heavy (non-hydrogen) atoms. The van der Waals surface area contributed by atoms with E-state index in [1.807, 2.05) is 78.9 Å². The highest BCUT2D eigenvalue weighted by molar-refractivity contribution is 6.17. The fourth-order valence-electron chi connectivity index (χ4n) is 7.13. The Bertz CT molecular complexity index is 3400. The summed E-state index contributed by atoms with van der Waals surface area (Å²) in [6.07, 6.45) is 0. The predicted octanol–water partition coefficient (Wildman–Crippen LogP) is 14.4. The molecule has 1 aromatic heterocycles. The Hall–Kier alpha value is -6.90. The first kappa shape index (κ1) is 22.0. The molecule has 0 saturated carbocycles. The number of furan rings is 1. The van der Waals surface area contributed by atoms with Crippen molar-refractivity contribution < 1.29 is 16.8 Å². The second-order valence-electron chi connectivity index (χ2n) is 12.6. The van der Waals surface area contributed by atoms with E-state index in [4.69, 9.17) is 15.4 Å². The van der Waals surface area contributed by atoms with Crippen molar-refractivity contribution in [2.75, 3.05) is 4.90 Å². The molecule has 0 aliphatic rings. The molecule has 0 aliphatic carbocycles. The molecule has 0 fully saturated rings. The summed E-state index contributed by atoms with van der Waals surface area (Å²) in [5.74, 6) is 0. The largest absolute Gasteiger partial charge is 0.455 e. The van der Waals surface area contributed by atoms with Gasteiger partial charge in [0.05, 0.1) is 18.0 Å². The Morgan fingerprint density at radius 2 is 1.00 bits per heavy atom. The van der Waals surface area contributed by atoms with Crippen LogP contribution in [-0.2, 0) is 0 Å². The predicted molar refractivity (Wildman–Crippen MR) is 220 cm³/mol. The third kappa shape index (κ3) is 5.04. The summed E-state index contributed by atoms with van der Waals surface area (Å²) in [4.78, 5) is 2.06. The van der Waals surface area contributed by atoms with Crippen LogP contribution < -0.4 is 4.90 Å². The lowest BCUT2D eigenvalue weighted by Crippen LogP contribution is -2.11. The standard InChI is InChI=1S/C50H33NO/c1-2-12-34(13-3-1)35-24-29-39(30-25-35)51(40-31-26-38(27-32-40)42-20-10-16-36-14-4-6-17-41(36)42)48-23-9-8-19-44(48)45-21-11-22-46-47-33-28-37-15-5-7-18-43(37)49(47)52-50(45)46/h1-33H/i5D,7D,11D,15D,18D,21D,22D,28D,33D. The molecule has 0 N–H and O–H groups in total. The zero-order valence-corrected chi connectivity index (χ0v) is 27.7. The van der Waals surface area contributed by atoms with E-state index in [2.05, 4.69) is 71.6 Å². The van der Waals surface area contributed by atoms with E-state index in [0.717, 1.165) is 44.4 Å². The monoisotopic (exact) mass is 672 g/mol. The highest BCUT2D eigenvalue weighted by atomic mass is 16.3. The van der Waals surface area contributed by atoms with Crippen molar-refractivity contribution in [3.63, 3.8) is 0 Å².